The van der Waals surface area contributed by atoms with Crippen LogP contribution in [-0.2, 0) is 0 Å². The molecule has 0 aliphatic carbocycles. The van der Waals surface area contributed by atoms with Gasteiger partial charge in [-0.1, -0.05) is 39.0 Å². The third-order valence-corrected chi connectivity index (χ3v) is 4.06. The second kappa shape index (κ2) is 5.75. The number of benzene rings is 1. The van der Waals surface area contributed by atoms with Crippen LogP contribution in [0.3, 0.4) is 0 Å². The molecule has 2 nitrogen and oxygen atoms in total. The van der Waals surface area contributed by atoms with Crippen LogP contribution in [0.1, 0.15) is 51.7 Å². The molecule has 0 bridgehead atoms. The molecule has 1 aliphatic heterocycles. The van der Waals surface area contributed by atoms with E-state index in [1.54, 1.807) is 0 Å². The van der Waals surface area contributed by atoms with E-state index in [1.165, 1.54) is 18.5 Å². The first-order valence-electron chi connectivity index (χ1n) is 7.18. The SMILES string of the molecule is CCC(O)c1ccccc1N1CCCC1C(C)C. The van der Waals surface area contributed by atoms with E-state index >= 15 is 0 Å². The Morgan fingerprint density at radius 1 is 1.33 bits per heavy atom. The van der Waals surface area contributed by atoms with Crippen molar-refractivity contribution in [1.82, 2.24) is 0 Å². The molecule has 0 amide bonds. The second-order valence-corrected chi connectivity index (χ2v) is 5.63. The molecule has 2 unspecified atom stereocenters. The number of hydrogen-bond donors (Lipinski definition) is 1. The number of nitrogens with zero attached hydrogens (tertiary/aromatic N) is 1. The minimum atomic E-state index is -0.338. The number of rotatable bonds is 4. The van der Waals surface area contributed by atoms with Gasteiger partial charge in [0.05, 0.1) is 6.10 Å². The van der Waals surface area contributed by atoms with Gasteiger partial charge in [0.1, 0.15) is 0 Å². The summed E-state index contributed by atoms with van der Waals surface area (Å²) in [6.45, 7) is 7.74. The maximum atomic E-state index is 10.2. The monoisotopic (exact) mass is 247 g/mol. The number of anilines is 1. The number of aliphatic hydroxyl groups is 1. The Morgan fingerprint density at radius 3 is 2.72 bits per heavy atom. The van der Waals surface area contributed by atoms with Crippen LogP contribution in [0.4, 0.5) is 5.69 Å². The highest BCUT2D eigenvalue weighted by Crippen LogP contribution is 2.35. The van der Waals surface area contributed by atoms with E-state index in [1.807, 2.05) is 13.0 Å². The van der Waals surface area contributed by atoms with Crippen molar-refractivity contribution in [3.63, 3.8) is 0 Å². The van der Waals surface area contributed by atoms with Crippen LogP contribution in [0.15, 0.2) is 24.3 Å². The van der Waals surface area contributed by atoms with Gasteiger partial charge < -0.3 is 10.0 Å². The standard InChI is InChI=1S/C16H25NO/c1-4-16(18)13-8-5-6-9-15(13)17-11-7-10-14(17)12(2)3/h5-6,8-9,12,14,16,18H,4,7,10-11H2,1-3H3. The molecular formula is C16H25NO. The quantitative estimate of drug-likeness (QED) is 0.875. The van der Waals surface area contributed by atoms with E-state index in [4.69, 9.17) is 0 Å². The van der Waals surface area contributed by atoms with Gasteiger partial charge in [-0.2, -0.15) is 0 Å². The molecule has 2 rings (SSSR count). The van der Waals surface area contributed by atoms with Gasteiger partial charge in [-0.25, -0.2) is 0 Å². The lowest BCUT2D eigenvalue weighted by atomic mass is 9.99. The fourth-order valence-electron chi connectivity index (χ4n) is 3.04. The molecule has 0 spiro atoms. The van der Waals surface area contributed by atoms with Gasteiger partial charge in [0, 0.05) is 23.8 Å². The third-order valence-electron chi connectivity index (χ3n) is 4.06. The lowest BCUT2D eigenvalue weighted by Gasteiger charge is -2.32. The Balaban J connectivity index is 2.32. The van der Waals surface area contributed by atoms with E-state index in [2.05, 4.69) is 36.9 Å². The summed E-state index contributed by atoms with van der Waals surface area (Å²) < 4.78 is 0. The largest absolute Gasteiger partial charge is 0.388 e. The molecule has 1 N–H and O–H groups in total. The van der Waals surface area contributed by atoms with Crippen LogP contribution >= 0.6 is 0 Å². The lowest BCUT2D eigenvalue weighted by Crippen LogP contribution is -2.34. The average Bonchev–Trinajstić information content (AvgIpc) is 2.87. The van der Waals surface area contributed by atoms with E-state index in [0.29, 0.717) is 12.0 Å². The fraction of sp³-hybridized carbons (Fsp3) is 0.625. The summed E-state index contributed by atoms with van der Waals surface area (Å²) in [5.74, 6) is 0.666. The molecule has 2 heteroatoms. The highest BCUT2D eigenvalue weighted by molar-refractivity contribution is 5.56. The Bertz CT molecular complexity index is 388. The van der Waals surface area contributed by atoms with Crippen LogP contribution < -0.4 is 4.90 Å². The van der Waals surface area contributed by atoms with E-state index < -0.39 is 0 Å². The molecule has 2 atom stereocenters. The molecule has 1 aliphatic rings. The Labute approximate surface area is 111 Å². The van der Waals surface area contributed by atoms with Crippen molar-refractivity contribution in [1.29, 1.82) is 0 Å². The molecule has 0 aromatic heterocycles. The smallest absolute Gasteiger partial charge is 0.0807 e. The van der Waals surface area contributed by atoms with Crippen molar-refractivity contribution in [2.45, 2.75) is 52.2 Å². The normalized spacial score (nSPS) is 21.6. The number of aliphatic hydroxyl groups excluding tert-OH is 1. The predicted molar refractivity (Wildman–Crippen MR) is 76.9 cm³/mol. The summed E-state index contributed by atoms with van der Waals surface area (Å²) in [4.78, 5) is 2.50. The first-order chi connectivity index (χ1) is 8.65. The van der Waals surface area contributed by atoms with Crippen molar-refractivity contribution in [3.8, 4) is 0 Å². The van der Waals surface area contributed by atoms with Gasteiger partial charge in [-0.15, -0.1) is 0 Å². The summed E-state index contributed by atoms with van der Waals surface area (Å²) >= 11 is 0. The highest BCUT2D eigenvalue weighted by atomic mass is 16.3. The zero-order valence-electron chi connectivity index (χ0n) is 11.8. The zero-order valence-corrected chi connectivity index (χ0v) is 11.8. The molecule has 1 aromatic rings. The first kappa shape index (κ1) is 13.4. The van der Waals surface area contributed by atoms with Crippen molar-refractivity contribution < 1.29 is 5.11 Å². The van der Waals surface area contributed by atoms with Crippen molar-refractivity contribution >= 4 is 5.69 Å². The van der Waals surface area contributed by atoms with Crippen LogP contribution in [-0.4, -0.2) is 17.7 Å². The summed E-state index contributed by atoms with van der Waals surface area (Å²) in [7, 11) is 0. The molecule has 18 heavy (non-hydrogen) atoms. The molecule has 0 radical (unpaired) electrons. The van der Waals surface area contributed by atoms with Gasteiger partial charge in [-0.05, 0) is 31.2 Å². The minimum Gasteiger partial charge on any atom is -0.388 e. The Morgan fingerprint density at radius 2 is 2.06 bits per heavy atom. The van der Waals surface area contributed by atoms with Crippen LogP contribution in [0, 0.1) is 5.92 Å². The van der Waals surface area contributed by atoms with E-state index in [-0.39, 0.29) is 6.10 Å². The lowest BCUT2D eigenvalue weighted by molar-refractivity contribution is 0.174. The Kier molecular flexibility index (Phi) is 4.28. The van der Waals surface area contributed by atoms with Gasteiger partial charge in [0.15, 0.2) is 0 Å². The molecule has 100 valence electrons. The molecule has 1 saturated heterocycles. The van der Waals surface area contributed by atoms with Crippen LogP contribution in [0.2, 0.25) is 0 Å². The van der Waals surface area contributed by atoms with Crippen molar-refractivity contribution in [2.24, 2.45) is 5.92 Å². The van der Waals surface area contributed by atoms with Crippen molar-refractivity contribution in [2.75, 3.05) is 11.4 Å². The maximum absolute atomic E-state index is 10.2. The maximum Gasteiger partial charge on any atom is 0.0807 e. The molecule has 0 saturated carbocycles. The van der Waals surface area contributed by atoms with Crippen LogP contribution in [0.25, 0.3) is 0 Å². The fourth-order valence-corrected chi connectivity index (χ4v) is 3.04. The molecular weight excluding hydrogens is 222 g/mol. The number of para-hydroxylation sites is 1. The molecule has 1 fully saturated rings. The molecule has 1 heterocycles. The first-order valence-corrected chi connectivity index (χ1v) is 7.18. The van der Waals surface area contributed by atoms with Gasteiger partial charge >= 0.3 is 0 Å². The van der Waals surface area contributed by atoms with Gasteiger partial charge in [0.2, 0.25) is 0 Å². The average molecular weight is 247 g/mol. The van der Waals surface area contributed by atoms with Gasteiger partial charge in [-0.3, -0.25) is 0 Å². The second-order valence-electron chi connectivity index (χ2n) is 5.63. The minimum absolute atomic E-state index is 0.338. The van der Waals surface area contributed by atoms with Crippen molar-refractivity contribution in [3.05, 3.63) is 29.8 Å². The molecule has 1 aromatic carbocycles. The topological polar surface area (TPSA) is 23.5 Å². The highest BCUT2D eigenvalue weighted by Gasteiger charge is 2.29. The predicted octanol–water partition coefficient (Wildman–Crippen LogP) is 3.75. The summed E-state index contributed by atoms with van der Waals surface area (Å²) in [5, 5.41) is 10.2. The summed E-state index contributed by atoms with van der Waals surface area (Å²) in [6.07, 6.45) is 2.97. The van der Waals surface area contributed by atoms with Crippen LogP contribution in [0.5, 0.6) is 0 Å². The Hall–Kier alpha value is -1.02. The summed E-state index contributed by atoms with van der Waals surface area (Å²) in [6, 6.07) is 8.96. The zero-order chi connectivity index (χ0) is 13.1. The van der Waals surface area contributed by atoms with E-state index in [9.17, 15) is 5.11 Å². The van der Waals surface area contributed by atoms with E-state index in [0.717, 1.165) is 18.5 Å². The van der Waals surface area contributed by atoms with Gasteiger partial charge in [0.25, 0.3) is 0 Å². The third kappa shape index (κ3) is 2.54. The number of hydrogen-bond acceptors (Lipinski definition) is 2. The summed E-state index contributed by atoms with van der Waals surface area (Å²) in [5.41, 5.74) is 2.33.